The molecule has 0 aliphatic carbocycles. The van der Waals surface area contributed by atoms with Gasteiger partial charge < -0.3 is 5.11 Å². The predicted molar refractivity (Wildman–Crippen MR) is 77.1 cm³/mol. The second-order valence-corrected chi connectivity index (χ2v) is 5.40. The molecule has 2 rings (SSSR count). The van der Waals surface area contributed by atoms with Gasteiger partial charge >= 0.3 is 0 Å². The minimum Gasteiger partial charge on any atom is -0.388 e. The third-order valence-electron chi connectivity index (χ3n) is 3.29. The predicted octanol–water partition coefficient (Wildman–Crippen LogP) is 2.17. The van der Waals surface area contributed by atoms with Gasteiger partial charge in [-0.3, -0.25) is 4.98 Å². The van der Waals surface area contributed by atoms with Crippen molar-refractivity contribution in [3.63, 3.8) is 0 Å². The summed E-state index contributed by atoms with van der Waals surface area (Å²) in [7, 11) is 0. The van der Waals surface area contributed by atoms with Crippen molar-refractivity contribution >= 4 is 0 Å². The molecule has 20 heavy (non-hydrogen) atoms. The van der Waals surface area contributed by atoms with E-state index >= 15 is 0 Å². The third kappa shape index (κ3) is 3.42. The maximum absolute atomic E-state index is 10.5. The Morgan fingerprint density at radius 3 is 2.85 bits per heavy atom. The fraction of sp³-hybridized carbons (Fsp3) is 0.533. The average Bonchev–Trinajstić information content (AvgIpc) is 2.85. The molecule has 1 N–H and O–H groups in total. The Balaban J connectivity index is 2.15. The van der Waals surface area contributed by atoms with Crippen molar-refractivity contribution in [2.75, 3.05) is 0 Å². The zero-order chi connectivity index (χ0) is 14.5. The standard InChI is InChI=1S/C15H22N4O/c1-4-12-8-16-6-5-13(12)14(20)7-15-17-10-18-19(15)9-11(2)3/h5-6,8,10-11,14,20H,4,7,9H2,1-3H3. The van der Waals surface area contributed by atoms with Crippen LogP contribution in [0.5, 0.6) is 0 Å². The fourth-order valence-electron chi connectivity index (χ4n) is 2.29. The lowest BCUT2D eigenvalue weighted by Crippen LogP contribution is -2.14. The molecule has 0 aromatic carbocycles. The molecule has 0 bridgehead atoms. The second-order valence-electron chi connectivity index (χ2n) is 5.40. The van der Waals surface area contributed by atoms with Gasteiger partial charge in [0.1, 0.15) is 12.2 Å². The minimum atomic E-state index is -0.567. The lowest BCUT2D eigenvalue weighted by molar-refractivity contribution is 0.172. The molecule has 0 amide bonds. The average molecular weight is 274 g/mol. The summed E-state index contributed by atoms with van der Waals surface area (Å²) in [5.74, 6) is 1.32. The van der Waals surface area contributed by atoms with E-state index in [2.05, 4.69) is 35.8 Å². The van der Waals surface area contributed by atoms with E-state index in [1.807, 2.05) is 16.9 Å². The largest absolute Gasteiger partial charge is 0.388 e. The lowest BCUT2D eigenvalue weighted by atomic mass is 10.0. The zero-order valence-corrected chi connectivity index (χ0v) is 12.3. The highest BCUT2D eigenvalue weighted by molar-refractivity contribution is 5.26. The summed E-state index contributed by atoms with van der Waals surface area (Å²) in [6.45, 7) is 7.16. The molecule has 0 radical (unpaired) electrons. The van der Waals surface area contributed by atoms with Crippen molar-refractivity contribution in [2.24, 2.45) is 5.92 Å². The second kappa shape index (κ2) is 6.61. The first-order chi connectivity index (χ1) is 9.61. The van der Waals surface area contributed by atoms with Crippen LogP contribution in [0.4, 0.5) is 0 Å². The highest BCUT2D eigenvalue weighted by atomic mass is 16.3. The van der Waals surface area contributed by atoms with Gasteiger partial charge in [-0.25, -0.2) is 9.67 Å². The molecule has 5 nitrogen and oxygen atoms in total. The molecule has 0 saturated carbocycles. The van der Waals surface area contributed by atoms with E-state index in [0.717, 1.165) is 29.9 Å². The summed E-state index contributed by atoms with van der Waals surface area (Å²) in [5, 5.41) is 14.7. The Morgan fingerprint density at radius 1 is 1.35 bits per heavy atom. The van der Waals surface area contributed by atoms with Gasteiger partial charge in [0, 0.05) is 25.4 Å². The van der Waals surface area contributed by atoms with Crippen molar-refractivity contribution in [1.82, 2.24) is 19.7 Å². The Hall–Kier alpha value is -1.75. The van der Waals surface area contributed by atoms with Gasteiger partial charge in [0.25, 0.3) is 0 Å². The van der Waals surface area contributed by atoms with E-state index in [1.54, 1.807) is 12.5 Å². The molecule has 0 aliphatic heterocycles. The number of pyridine rings is 1. The smallest absolute Gasteiger partial charge is 0.138 e. The van der Waals surface area contributed by atoms with Gasteiger partial charge in [-0.2, -0.15) is 5.10 Å². The van der Waals surface area contributed by atoms with Crippen LogP contribution < -0.4 is 0 Å². The molecule has 1 atom stereocenters. The first-order valence-electron chi connectivity index (χ1n) is 7.09. The van der Waals surface area contributed by atoms with Crippen LogP contribution in [0.25, 0.3) is 0 Å². The first kappa shape index (κ1) is 14.7. The van der Waals surface area contributed by atoms with Crippen LogP contribution in [0.1, 0.15) is 43.8 Å². The van der Waals surface area contributed by atoms with E-state index in [1.165, 1.54) is 0 Å². The van der Waals surface area contributed by atoms with Gasteiger partial charge in [0.15, 0.2) is 0 Å². The summed E-state index contributed by atoms with van der Waals surface area (Å²) in [5.41, 5.74) is 2.01. The normalized spacial score (nSPS) is 12.8. The molecule has 108 valence electrons. The Morgan fingerprint density at radius 2 is 2.15 bits per heavy atom. The van der Waals surface area contributed by atoms with E-state index < -0.39 is 6.10 Å². The summed E-state index contributed by atoms with van der Waals surface area (Å²) >= 11 is 0. The summed E-state index contributed by atoms with van der Waals surface area (Å²) < 4.78 is 1.88. The maximum atomic E-state index is 10.5. The summed E-state index contributed by atoms with van der Waals surface area (Å²) in [6.07, 6.45) is 5.86. The van der Waals surface area contributed by atoms with Gasteiger partial charge in [-0.15, -0.1) is 0 Å². The molecule has 0 spiro atoms. The molecule has 0 fully saturated rings. The molecule has 2 heterocycles. The monoisotopic (exact) mass is 274 g/mol. The van der Waals surface area contributed by atoms with Crippen LogP contribution in [0.2, 0.25) is 0 Å². The van der Waals surface area contributed by atoms with E-state index in [9.17, 15) is 5.11 Å². The molecule has 2 aromatic heterocycles. The lowest BCUT2D eigenvalue weighted by Gasteiger charge is -2.15. The Kier molecular flexibility index (Phi) is 4.84. The van der Waals surface area contributed by atoms with E-state index in [0.29, 0.717) is 12.3 Å². The number of rotatable bonds is 6. The molecular formula is C15H22N4O. The van der Waals surface area contributed by atoms with Crippen LogP contribution in [0, 0.1) is 5.92 Å². The van der Waals surface area contributed by atoms with Crippen molar-refractivity contribution in [3.8, 4) is 0 Å². The number of aliphatic hydroxyl groups excluding tert-OH is 1. The molecule has 0 saturated heterocycles. The van der Waals surface area contributed by atoms with Gasteiger partial charge in [-0.05, 0) is 29.5 Å². The summed E-state index contributed by atoms with van der Waals surface area (Å²) in [4.78, 5) is 8.37. The number of aryl methyl sites for hydroxylation is 1. The van der Waals surface area contributed by atoms with E-state index in [4.69, 9.17) is 0 Å². The fourth-order valence-corrected chi connectivity index (χ4v) is 2.29. The Bertz CT molecular complexity index is 550. The van der Waals surface area contributed by atoms with Gasteiger partial charge in [0.05, 0.1) is 6.10 Å². The molecular weight excluding hydrogens is 252 g/mol. The van der Waals surface area contributed by atoms with E-state index in [-0.39, 0.29) is 0 Å². The number of hydrogen-bond acceptors (Lipinski definition) is 4. The molecule has 2 aromatic rings. The molecule has 1 unspecified atom stereocenters. The van der Waals surface area contributed by atoms with Crippen molar-refractivity contribution < 1.29 is 5.11 Å². The SMILES string of the molecule is CCc1cnccc1C(O)Cc1ncnn1CC(C)C. The highest BCUT2D eigenvalue weighted by Crippen LogP contribution is 2.21. The van der Waals surface area contributed by atoms with Crippen LogP contribution in [-0.4, -0.2) is 24.9 Å². The molecule has 0 aliphatic rings. The minimum absolute atomic E-state index is 0.476. The van der Waals surface area contributed by atoms with Crippen molar-refractivity contribution in [2.45, 2.75) is 46.3 Å². The maximum Gasteiger partial charge on any atom is 0.138 e. The van der Waals surface area contributed by atoms with Crippen molar-refractivity contribution in [1.29, 1.82) is 0 Å². The number of aliphatic hydroxyl groups is 1. The quantitative estimate of drug-likeness (QED) is 0.877. The van der Waals surface area contributed by atoms with Gasteiger partial charge in [-0.1, -0.05) is 20.8 Å². The molecule has 5 heteroatoms. The number of aromatic nitrogens is 4. The number of hydrogen-bond donors (Lipinski definition) is 1. The summed E-state index contributed by atoms with van der Waals surface area (Å²) in [6, 6.07) is 1.88. The van der Waals surface area contributed by atoms with Crippen molar-refractivity contribution in [3.05, 3.63) is 41.7 Å². The van der Waals surface area contributed by atoms with Gasteiger partial charge in [0.2, 0.25) is 0 Å². The van der Waals surface area contributed by atoms with Crippen LogP contribution in [0.15, 0.2) is 24.8 Å². The number of nitrogens with zero attached hydrogens (tertiary/aromatic N) is 4. The topological polar surface area (TPSA) is 63.8 Å². The Labute approximate surface area is 119 Å². The van der Waals surface area contributed by atoms with Crippen LogP contribution >= 0.6 is 0 Å². The van der Waals surface area contributed by atoms with Crippen LogP contribution in [0.3, 0.4) is 0 Å². The third-order valence-corrected chi connectivity index (χ3v) is 3.29. The van der Waals surface area contributed by atoms with Crippen LogP contribution in [-0.2, 0) is 19.4 Å². The highest BCUT2D eigenvalue weighted by Gasteiger charge is 2.16. The first-order valence-corrected chi connectivity index (χ1v) is 7.09. The zero-order valence-electron chi connectivity index (χ0n) is 12.3.